The Kier molecular flexibility index (Phi) is 3.73. The number of nitrogens with zero attached hydrogens (tertiary/aromatic N) is 1. The molecule has 2 aliphatic heterocycles. The topological polar surface area (TPSA) is 49.8 Å². The third kappa shape index (κ3) is 2.63. The van der Waals surface area contributed by atoms with E-state index in [0.717, 1.165) is 45.3 Å². The predicted octanol–water partition coefficient (Wildman–Crippen LogP) is 1.88. The number of rotatable bonds is 3. The van der Waals surface area contributed by atoms with Gasteiger partial charge in [-0.25, -0.2) is 0 Å². The lowest BCUT2D eigenvalue weighted by Gasteiger charge is -2.42. The summed E-state index contributed by atoms with van der Waals surface area (Å²) >= 11 is 0. The van der Waals surface area contributed by atoms with Gasteiger partial charge in [-0.3, -0.25) is 9.69 Å². The molecular weight excluding hydrogens is 218 g/mol. The summed E-state index contributed by atoms with van der Waals surface area (Å²) in [7, 11) is 0. The minimum atomic E-state index is -0.660. The molecule has 0 spiro atoms. The SMILES string of the molecule is CCC1(C)CC(N2CCCC2C(=O)O)CCO1. The van der Waals surface area contributed by atoms with Crippen molar-refractivity contribution in [1.82, 2.24) is 4.90 Å². The molecule has 0 bridgehead atoms. The highest BCUT2D eigenvalue weighted by Crippen LogP contribution is 2.33. The zero-order valence-electron chi connectivity index (χ0n) is 10.8. The van der Waals surface area contributed by atoms with Crippen LogP contribution in [0.2, 0.25) is 0 Å². The van der Waals surface area contributed by atoms with Crippen molar-refractivity contribution in [3.63, 3.8) is 0 Å². The molecule has 4 heteroatoms. The minimum Gasteiger partial charge on any atom is -0.480 e. The maximum absolute atomic E-state index is 11.2. The second-order valence-corrected chi connectivity index (χ2v) is 5.53. The van der Waals surface area contributed by atoms with E-state index in [0.29, 0.717) is 6.04 Å². The predicted molar refractivity (Wildman–Crippen MR) is 65.0 cm³/mol. The molecule has 1 N–H and O–H groups in total. The number of aliphatic carboxylic acids is 1. The summed E-state index contributed by atoms with van der Waals surface area (Å²) in [5, 5.41) is 9.23. The van der Waals surface area contributed by atoms with Crippen molar-refractivity contribution >= 4 is 5.97 Å². The number of carboxylic acids is 1. The molecule has 2 saturated heterocycles. The highest BCUT2D eigenvalue weighted by atomic mass is 16.5. The van der Waals surface area contributed by atoms with Gasteiger partial charge in [-0.15, -0.1) is 0 Å². The average molecular weight is 241 g/mol. The summed E-state index contributed by atoms with van der Waals surface area (Å²) < 4.78 is 5.83. The van der Waals surface area contributed by atoms with Gasteiger partial charge in [0.1, 0.15) is 6.04 Å². The van der Waals surface area contributed by atoms with E-state index in [1.54, 1.807) is 0 Å². The van der Waals surface area contributed by atoms with Crippen LogP contribution in [-0.4, -0.2) is 46.8 Å². The lowest BCUT2D eigenvalue weighted by atomic mass is 9.89. The Morgan fingerprint density at radius 1 is 1.53 bits per heavy atom. The van der Waals surface area contributed by atoms with Crippen molar-refractivity contribution in [2.24, 2.45) is 0 Å². The lowest BCUT2D eigenvalue weighted by Crippen LogP contribution is -2.50. The van der Waals surface area contributed by atoms with E-state index in [1.807, 2.05) is 0 Å². The molecule has 0 aromatic rings. The molecule has 0 aromatic carbocycles. The van der Waals surface area contributed by atoms with Gasteiger partial charge in [-0.1, -0.05) is 6.92 Å². The number of ether oxygens (including phenoxy) is 1. The normalized spacial score (nSPS) is 39.4. The fraction of sp³-hybridized carbons (Fsp3) is 0.923. The Bertz CT molecular complexity index is 294. The van der Waals surface area contributed by atoms with E-state index in [4.69, 9.17) is 4.74 Å². The number of hydrogen-bond donors (Lipinski definition) is 1. The van der Waals surface area contributed by atoms with E-state index in [-0.39, 0.29) is 11.6 Å². The summed E-state index contributed by atoms with van der Waals surface area (Å²) in [5.41, 5.74) is -0.0610. The first-order valence-electron chi connectivity index (χ1n) is 6.68. The molecule has 2 rings (SSSR count). The molecule has 98 valence electrons. The van der Waals surface area contributed by atoms with E-state index in [2.05, 4.69) is 18.7 Å². The standard InChI is InChI=1S/C13H23NO3/c1-3-13(2)9-10(6-8-17-13)14-7-4-5-11(14)12(15)16/h10-11H,3-9H2,1-2H3,(H,15,16). The minimum absolute atomic E-state index is 0.0610. The van der Waals surface area contributed by atoms with Crippen molar-refractivity contribution in [1.29, 1.82) is 0 Å². The van der Waals surface area contributed by atoms with Crippen LogP contribution in [0.3, 0.4) is 0 Å². The molecule has 3 atom stereocenters. The van der Waals surface area contributed by atoms with Crippen LogP contribution in [0.25, 0.3) is 0 Å². The van der Waals surface area contributed by atoms with Gasteiger partial charge in [0.05, 0.1) is 5.60 Å². The first-order chi connectivity index (χ1) is 8.06. The number of carboxylic acid groups (broad SMARTS) is 1. The zero-order valence-corrected chi connectivity index (χ0v) is 10.8. The Balaban J connectivity index is 2.04. The van der Waals surface area contributed by atoms with Gasteiger partial charge in [-0.05, 0) is 45.6 Å². The van der Waals surface area contributed by atoms with Crippen molar-refractivity contribution in [3.05, 3.63) is 0 Å². The van der Waals surface area contributed by atoms with Gasteiger partial charge < -0.3 is 9.84 Å². The molecule has 2 heterocycles. The Hall–Kier alpha value is -0.610. The van der Waals surface area contributed by atoms with Crippen molar-refractivity contribution in [2.45, 2.75) is 63.6 Å². The fourth-order valence-corrected chi connectivity index (χ4v) is 3.12. The highest BCUT2D eigenvalue weighted by Gasteiger charge is 2.40. The van der Waals surface area contributed by atoms with Crippen LogP contribution in [0.5, 0.6) is 0 Å². The van der Waals surface area contributed by atoms with Gasteiger partial charge in [0.25, 0.3) is 0 Å². The molecule has 0 aliphatic carbocycles. The molecule has 0 radical (unpaired) electrons. The Morgan fingerprint density at radius 3 is 2.94 bits per heavy atom. The Labute approximate surface area is 103 Å². The summed E-state index contributed by atoms with van der Waals surface area (Å²) in [5.74, 6) is -0.660. The van der Waals surface area contributed by atoms with Gasteiger partial charge in [0.15, 0.2) is 0 Å². The van der Waals surface area contributed by atoms with Crippen molar-refractivity contribution in [3.8, 4) is 0 Å². The maximum Gasteiger partial charge on any atom is 0.320 e. The molecule has 3 unspecified atom stereocenters. The lowest BCUT2D eigenvalue weighted by molar-refractivity contribution is -0.146. The van der Waals surface area contributed by atoms with Gasteiger partial charge in [0.2, 0.25) is 0 Å². The zero-order chi connectivity index (χ0) is 12.5. The second-order valence-electron chi connectivity index (χ2n) is 5.53. The first-order valence-corrected chi connectivity index (χ1v) is 6.68. The van der Waals surface area contributed by atoms with E-state index in [1.165, 1.54) is 0 Å². The second kappa shape index (κ2) is 4.94. The van der Waals surface area contributed by atoms with Crippen LogP contribution >= 0.6 is 0 Å². The molecule has 4 nitrogen and oxygen atoms in total. The molecule has 0 aromatic heterocycles. The van der Waals surface area contributed by atoms with Crippen LogP contribution < -0.4 is 0 Å². The molecule has 0 amide bonds. The smallest absolute Gasteiger partial charge is 0.320 e. The van der Waals surface area contributed by atoms with E-state index < -0.39 is 5.97 Å². The number of hydrogen-bond acceptors (Lipinski definition) is 3. The third-order valence-corrected chi connectivity index (χ3v) is 4.37. The molecular formula is C13H23NO3. The molecule has 17 heavy (non-hydrogen) atoms. The van der Waals surface area contributed by atoms with Crippen LogP contribution in [0.1, 0.15) is 46.0 Å². The monoisotopic (exact) mass is 241 g/mol. The van der Waals surface area contributed by atoms with Crippen molar-refractivity contribution < 1.29 is 14.6 Å². The average Bonchev–Trinajstić information content (AvgIpc) is 2.78. The summed E-state index contributed by atoms with van der Waals surface area (Å²) in [6, 6.07) is 0.122. The van der Waals surface area contributed by atoms with Gasteiger partial charge >= 0.3 is 5.97 Å². The molecule has 0 saturated carbocycles. The number of likely N-dealkylation sites (tertiary alicyclic amines) is 1. The van der Waals surface area contributed by atoms with E-state index in [9.17, 15) is 9.90 Å². The van der Waals surface area contributed by atoms with Gasteiger partial charge in [0, 0.05) is 12.6 Å². The van der Waals surface area contributed by atoms with Crippen LogP contribution in [0, 0.1) is 0 Å². The largest absolute Gasteiger partial charge is 0.480 e. The Morgan fingerprint density at radius 2 is 2.29 bits per heavy atom. The maximum atomic E-state index is 11.2. The first kappa shape index (κ1) is 12.8. The fourth-order valence-electron chi connectivity index (χ4n) is 3.12. The third-order valence-electron chi connectivity index (χ3n) is 4.37. The van der Waals surface area contributed by atoms with E-state index >= 15 is 0 Å². The van der Waals surface area contributed by atoms with Crippen molar-refractivity contribution in [2.75, 3.05) is 13.2 Å². The summed E-state index contributed by atoms with van der Waals surface area (Å²) in [6.45, 7) is 5.98. The van der Waals surface area contributed by atoms with Gasteiger partial charge in [-0.2, -0.15) is 0 Å². The molecule has 2 aliphatic rings. The molecule has 2 fully saturated rings. The summed E-state index contributed by atoms with van der Waals surface area (Å²) in [4.78, 5) is 13.4. The van der Waals surface area contributed by atoms with Crippen LogP contribution in [-0.2, 0) is 9.53 Å². The van der Waals surface area contributed by atoms with Crippen LogP contribution in [0.4, 0.5) is 0 Å². The number of carbonyl (C=O) groups is 1. The quantitative estimate of drug-likeness (QED) is 0.819. The van der Waals surface area contributed by atoms with Crippen LogP contribution in [0.15, 0.2) is 0 Å². The summed E-state index contributed by atoms with van der Waals surface area (Å²) in [6.07, 6.45) is 4.74. The highest BCUT2D eigenvalue weighted by molar-refractivity contribution is 5.73.